The molecule has 1 N–H and O–H groups in total. The third-order valence-electron chi connectivity index (χ3n) is 5.09. The third kappa shape index (κ3) is 3.27. The van der Waals surface area contributed by atoms with Gasteiger partial charge in [-0.2, -0.15) is 0 Å². The molecule has 1 aliphatic heterocycles. The van der Waals surface area contributed by atoms with Crippen molar-refractivity contribution < 1.29 is 4.74 Å². The van der Waals surface area contributed by atoms with E-state index in [0.717, 1.165) is 51.8 Å². The summed E-state index contributed by atoms with van der Waals surface area (Å²) in [4.78, 5) is 1.77. The summed E-state index contributed by atoms with van der Waals surface area (Å²) in [5, 5.41) is 3.87. The van der Waals surface area contributed by atoms with E-state index < -0.39 is 5.54 Å². The smallest absolute Gasteiger partial charge is 0.134 e. The zero-order valence-corrected chi connectivity index (χ0v) is 17.1. The van der Waals surface area contributed by atoms with E-state index >= 15 is 0 Å². The maximum absolute atomic E-state index is 6.28. The van der Waals surface area contributed by atoms with Gasteiger partial charge in [0.15, 0.2) is 0 Å². The quantitative estimate of drug-likeness (QED) is 0.362. The first-order valence-corrected chi connectivity index (χ1v) is 10.2. The molecule has 27 heavy (non-hydrogen) atoms. The van der Waals surface area contributed by atoms with Crippen molar-refractivity contribution in [2.75, 3.05) is 6.54 Å². The second-order valence-corrected chi connectivity index (χ2v) is 7.89. The first-order valence-electron chi connectivity index (χ1n) is 9.30. The molecule has 4 rings (SSSR count). The summed E-state index contributed by atoms with van der Waals surface area (Å²) in [5.41, 5.74) is 2.96. The van der Waals surface area contributed by atoms with Crippen LogP contribution in [0.25, 0.3) is 0 Å². The predicted octanol–water partition coefficient (Wildman–Crippen LogP) is 6.05. The average molecular weight is 394 g/mol. The summed E-state index contributed by atoms with van der Waals surface area (Å²) in [7, 11) is 0. The van der Waals surface area contributed by atoms with Crippen LogP contribution >= 0.6 is 25.3 Å². The van der Waals surface area contributed by atoms with E-state index in [1.165, 1.54) is 5.56 Å². The van der Waals surface area contributed by atoms with E-state index in [0.29, 0.717) is 0 Å². The van der Waals surface area contributed by atoms with E-state index in [9.17, 15) is 0 Å². The van der Waals surface area contributed by atoms with E-state index in [1.54, 1.807) is 0 Å². The number of hydrogen-bond acceptors (Lipinski definition) is 4. The molecule has 0 fully saturated rings. The van der Waals surface area contributed by atoms with Crippen LogP contribution in [0.1, 0.15) is 36.5 Å². The summed E-state index contributed by atoms with van der Waals surface area (Å²) in [5.74, 6) is 1.67. The monoisotopic (exact) mass is 393 g/mol. The zero-order valence-electron chi connectivity index (χ0n) is 15.3. The van der Waals surface area contributed by atoms with Crippen molar-refractivity contribution in [3.8, 4) is 11.5 Å². The molecule has 0 saturated carbocycles. The molecular formula is C23H23NOS2. The van der Waals surface area contributed by atoms with Gasteiger partial charge < -0.3 is 4.74 Å². The molecule has 3 aromatic rings. The molecule has 0 amide bonds. The highest BCUT2D eigenvalue weighted by atomic mass is 32.1. The Bertz CT molecular complexity index is 904. The summed E-state index contributed by atoms with van der Waals surface area (Å²) in [6.45, 7) is 3.12. The number of rotatable bonds is 5. The molecular weight excluding hydrogens is 370 g/mol. The van der Waals surface area contributed by atoms with E-state index in [-0.39, 0.29) is 0 Å². The van der Waals surface area contributed by atoms with Crippen LogP contribution in [0, 0.1) is 0 Å². The van der Waals surface area contributed by atoms with Crippen LogP contribution in [-0.2, 0) is 5.54 Å². The molecule has 0 radical (unpaired) electrons. The molecule has 3 aromatic carbocycles. The fourth-order valence-corrected chi connectivity index (χ4v) is 4.20. The average Bonchev–Trinajstić information content (AvgIpc) is 2.67. The number of ether oxygens (including phenoxy) is 1. The Kier molecular flexibility index (Phi) is 5.22. The summed E-state index contributed by atoms with van der Waals surface area (Å²) in [6.07, 6.45) is 2.24. The van der Waals surface area contributed by atoms with Gasteiger partial charge in [0, 0.05) is 20.9 Å². The molecule has 0 saturated heterocycles. The van der Waals surface area contributed by atoms with Gasteiger partial charge in [0.1, 0.15) is 17.0 Å². The van der Waals surface area contributed by atoms with Crippen molar-refractivity contribution >= 4 is 25.3 Å². The van der Waals surface area contributed by atoms with Gasteiger partial charge in [-0.25, -0.2) is 0 Å². The summed E-state index contributed by atoms with van der Waals surface area (Å²) in [6, 6.07) is 22.9. The van der Waals surface area contributed by atoms with Crippen molar-refractivity contribution in [3.05, 3.63) is 83.4 Å². The van der Waals surface area contributed by atoms with Crippen molar-refractivity contribution in [1.29, 1.82) is 0 Å². The van der Waals surface area contributed by atoms with Gasteiger partial charge in [-0.05, 0) is 42.8 Å². The lowest BCUT2D eigenvalue weighted by Gasteiger charge is -2.42. The first-order chi connectivity index (χ1) is 13.1. The first kappa shape index (κ1) is 18.5. The Morgan fingerprint density at radius 1 is 0.852 bits per heavy atom. The van der Waals surface area contributed by atoms with Crippen LogP contribution in [0.4, 0.5) is 0 Å². The SMILES string of the molecule is CCCCNC1(c2ccccc2)c2ccc(S)cc2Oc2cc(S)ccc21. The Labute approximate surface area is 171 Å². The predicted molar refractivity (Wildman–Crippen MR) is 117 cm³/mol. The maximum atomic E-state index is 6.28. The third-order valence-corrected chi connectivity index (χ3v) is 5.64. The Balaban J connectivity index is 2.01. The van der Waals surface area contributed by atoms with Gasteiger partial charge in [-0.15, -0.1) is 25.3 Å². The molecule has 0 spiro atoms. The fourth-order valence-electron chi connectivity index (χ4n) is 3.82. The molecule has 2 nitrogen and oxygen atoms in total. The number of hydrogen-bond donors (Lipinski definition) is 3. The highest BCUT2D eigenvalue weighted by Crippen LogP contribution is 2.51. The Morgan fingerprint density at radius 3 is 2.00 bits per heavy atom. The van der Waals surface area contributed by atoms with Crippen LogP contribution in [0.15, 0.2) is 76.5 Å². The number of thiol groups is 2. The van der Waals surface area contributed by atoms with Crippen LogP contribution in [0.2, 0.25) is 0 Å². The highest BCUT2D eigenvalue weighted by molar-refractivity contribution is 7.80. The minimum absolute atomic E-state index is 0.470. The van der Waals surface area contributed by atoms with Gasteiger partial charge in [0.25, 0.3) is 0 Å². The summed E-state index contributed by atoms with van der Waals surface area (Å²) < 4.78 is 6.28. The minimum atomic E-state index is -0.470. The lowest BCUT2D eigenvalue weighted by Crippen LogP contribution is -2.46. The zero-order chi connectivity index (χ0) is 18.9. The molecule has 1 heterocycles. The molecule has 0 aromatic heterocycles. The largest absolute Gasteiger partial charge is 0.457 e. The lowest BCUT2D eigenvalue weighted by atomic mass is 9.75. The molecule has 4 heteroatoms. The lowest BCUT2D eigenvalue weighted by molar-refractivity contribution is 0.374. The van der Waals surface area contributed by atoms with Gasteiger partial charge in [0.05, 0.1) is 0 Å². The molecule has 0 bridgehead atoms. The number of unbranched alkanes of at least 4 members (excludes halogenated alkanes) is 1. The highest BCUT2D eigenvalue weighted by Gasteiger charge is 2.43. The summed E-state index contributed by atoms with van der Waals surface area (Å²) >= 11 is 9.05. The second-order valence-electron chi connectivity index (χ2n) is 6.86. The molecule has 0 unspecified atom stereocenters. The Hall–Kier alpha value is -1.88. The van der Waals surface area contributed by atoms with Gasteiger partial charge >= 0.3 is 0 Å². The van der Waals surface area contributed by atoms with Crippen molar-refractivity contribution in [2.45, 2.75) is 35.1 Å². The van der Waals surface area contributed by atoms with E-state index in [1.807, 2.05) is 24.3 Å². The standard InChI is InChI=1S/C23H23NOS2/c1-2-3-13-24-23(16-7-5-4-6-8-16)19-11-9-17(26)14-21(19)25-22-15-18(27)10-12-20(22)23/h4-12,14-15,24,26-27H,2-3,13H2,1H3. The van der Waals surface area contributed by atoms with Crippen LogP contribution in [0.5, 0.6) is 11.5 Å². The normalized spacial score (nSPS) is 14.2. The van der Waals surface area contributed by atoms with Crippen molar-refractivity contribution in [1.82, 2.24) is 5.32 Å². The molecule has 1 aliphatic rings. The second kappa shape index (κ2) is 7.63. The number of fused-ring (bicyclic) bond motifs is 2. The molecule has 0 atom stereocenters. The molecule has 138 valence electrons. The topological polar surface area (TPSA) is 21.3 Å². The van der Waals surface area contributed by atoms with E-state index in [4.69, 9.17) is 4.74 Å². The molecule has 0 aliphatic carbocycles. The van der Waals surface area contributed by atoms with E-state index in [2.05, 4.69) is 80.0 Å². The van der Waals surface area contributed by atoms with Crippen molar-refractivity contribution in [3.63, 3.8) is 0 Å². The minimum Gasteiger partial charge on any atom is -0.457 e. The van der Waals surface area contributed by atoms with Gasteiger partial charge in [0.2, 0.25) is 0 Å². The van der Waals surface area contributed by atoms with Crippen LogP contribution in [-0.4, -0.2) is 6.54 Å². The number of benzene rings is 3. The van der Waals surface area contributed by atoms with Crippen LogP contribution < -0.4 is 10.1 Å². The van der Waals surface area contributed by atoms with Gasteiger partial charge in [-0.3, -0.25) is 5.32 Å². The maximum Gasteiger partial charge on any atom is 0.134 e. The van der Waals surface area contributed by atoms with Crippen molar-refractivity contribution in [2.24, 2.45) is 0 Å². The van der Waals surface area contributed by atoms with Crippen LogP contribution in [0.3, 0.4) is 0 Å². The fraction of sp³-hybridized carbons (Fsp3) is 0.217. The van der Waals surface area contributed by atoms with Gasteiger partial charge in [-0.1, -0.05) is 55.8 Å². The number of nitrogens with one attached hydrogen (secondary N) is 1. The Morgan fingerprint density at radius 2 is 1.44 bits per heavy atom.